The highest BCUT2D eigenvalue weighted by Crippen LogP contribution is 2.47. The summed E-state index contributed by atoms with van der Waals surface area (Å²) in [5.74, 6) is -1.32. The summed E-state index contributed by atoms with van der Waals surface area (Å²) in [7, 11) is 0. The van der Waals surface area contributed by atoms with Crippen molar-refractivity contribution in [2.75, 3.05) is 11.9 Å². The maximum absolute atomic E-state index is 14.5. The molecule has 1 saturated heterocycles. The highest BCUT2D eigenvalue weighted by molar-refractivity contribution is 6.04. The van der Waals surface area contributed by atoms with E-state index in [1.54, 1.807) is 39.1 Å². The van der Waals surface area contributed by atoms with E-state index in [0.717, 1.165) is 37.7 Å². The summed E-state index contributed by atoms with van der Waals surface area (Å²) in [4.78, 5) is 71.9. The van der Waals surface area contributed by atoms with Gasteiger partial charge >= 0.3 is 12.2 Å². The fourth-order valence-corrected chi connectivity index (χ4v) is 7.67. The largest absolute Gasteiger partial charge is 0.444 e. The second-order valence-corrected chi connectivity index (χ2v) is 15.9. The predicted molar refractivity (Wildman–Crippen MR) is 190 cm³/mol. The van der Waals surface area contributed by atoms with E-state index in [-0.39, 0.29) is 37.9 Å². The van der Waals surface area contributed by atoms with Crippen molar-refractivity contribution in [2.45, 2.75) is 127 Å². The van der Waals surface area contributed by atoms with Crippen LogP contribution in [0.25, 0.3) is 0 Å². The number of hydrogen-bond acceptors (Lipinski definition) is 8. The number of carbonyl (C=O) groups excluding carboxylic acids is 5. The van der Waals surface area contributed by atoms with Crippen LogP contribution < -0.4 is 16.0 Å². The molecule has 284 valence electrons. The zero-order valence-electron chi connectivity index (χ0n) is 30.4. The Hall–Kier alpha value is -4.95. The van der Waals surface area contributed by atoms with Crippen molar-refractivity contribution < 1.29 is 37.8 Å². The topological polar surface area (TPSA) is 175 Å². The van der Waals surface area contributed by atoms with Gasteiger partial charge in [-0.25, -0.2) is 14.0 Å². The van der Waals surface area contributed by atoms with Gasteiger partial charge in [0.1, 0.15) is 41.0 Å². The molecular weight excluding hydrogens is 685 g/mol. The molecule has 7 rings (SSSR count). The molecule has 4 N–H and O–H groups in total. The van der Waals surface area contributed by atoms with Gasteiger partial charge in [0.25, 0.3) is 5.91 Å². The first-order valence-electron chi connectivity index (χ1n) is 18.7. The molecule has 2 aliphatic carbocycles. The third-order valence-electron chi connectivity index (χ3n) is 10.7. The summed E-state index contributed by atoms with van der Waals surface area (Å²) < 4.78 is 25.8. The Labute approximate surface area is 307 Å². The average molecular weight is 734 g/mol. The predicted octanol–water partition coefficient (Wildman–Crippen LogP) is 4.78. The van der Waals surface area contributed by atoms with E-state index in [1.807, 2.05) is 12.2 Å². The van der Waals surface area contributed by atoms with E-state index in [1.165, 1.54) is 15.9 Å². The third-order valence-corrected chi connectivity index (χ3v) is 10.7. The lowest BCUT2D eigenvalue weighted by Crippen LogP contribution is -2.57. The summed E-state index contributed by atoms with van der Waals surface area (Å²) in [5.41, 5.74) is -0.0517. The summed E-state index contributed by atoms with van der Waals surface area (Å²) >= 11 is 0. The number of aromatic amines is 1. The van der Waals surface area contributed by atoms with E-state index < -0.39 is 59.1 Å². The van der Waals surface area contributed by atoms with Gasteiger partial charge in [0.05, 0.1) is 19.3 Å². The standard InChI is InChI=1S/C38H48FN7O7/c1-37(2,3)53-35(50)41-29-13-8-6-4-5-7-11-24-17-38(24,34(49)42-31-26(18-40-44-31)22-14-15-22)43-32(47)30-16-25(20-46(30)33(29)48)52-36(51)45-19-23-10-9-12-28(39)27(23)21-45/h7,9-12,18,22,24-25,29-30H,4-6,8,13-17,19-21H2,1-3H3,(H,41,50)(H,43,47)(H2,40,42,44,49)/b11-7-/t24-,25+,29-,30-,38+/m0/s1. The Kier molecular flexibility index (Phi) is 9.94. The van der Waals surface area contributed by atoms with Gasteiger partial charge in [-0.2, -0.15) is 5.10 Å². The van der Waals surface area contributed by atoms with Crippen molar-refractivity contribution in [3.05, 3.63) is 59.1 Å². The Morgan fingerprint density at radius 3 is 2.64 bits per heavy atom. The van der Waals surface area contributed by atoms with E-state index in [2.05, 4.69) is 26.1 Å². The summed E-state index contributed by atoms with van der Waals surface area (Å²) in [6.07, 6.45) is 9.01. The van der Waals surface area contributed by atoms with Crippen LogP contribution >= 0.6 is 0 Å². The first-order valence-corrected chi connectivity index (χ1v) is 18.7. The molecule has 5 atom stereocenters. The first kappa shape index (κ1) is 36.4. The molecule has 0 spiro atoms. The van der Waals surface area contributed by atoms with Crippen LogP contribution in [0.5, 0.6) is 0 Å². The second-order valence-electron chi connectivity index (χ2n) is 15.9. The number of ether oxygens (including phenoxy) is 2. The van der Waals surface area contributed by atoms with Crippen LogP contribution in [0, 0.1) is 11.7 Å². The zero-order valence-corrected chi connectivity index (χ0v) is 30.4. The zero-order chi connectivity index (χ0) is 37.5. The van der Waals surface area contributed by atoms with Gasteiger partial charge in [0, 0.05) is 30.0 Å². The lowest BCUT2D eigenvalue weighted by molar-refractivity contribution is -0.141. The number of carbonyl (C=O) groups is 5. The number of benzene rings is 1. The molecule has 0 bridgehead atoms. The lowest BCUT2D eigenvalue weighted by atomic mass is 10.0. The lowest BCUT2D eigenvalue weighted by Gasteiger charge is -2.30. The molecule has 2 aromatic rings. The molecule has 3 fully saturated rings. The molecule has 14 nitrogen and oxygen atoms in total. The minimum Gasteiger partial charge on any atom is -0.444 e. The van der Waals surface area contributed by atoms with Crippen LogP contribution in [0.4, 0.5) is 19.8 Å². The summed E-state index contributed by atoms with van der Waals surface area (Å²) in [5, 5.41) is 15.7. The number of aromatic nitrogens is 2. The van der Waals surface area contributed by atoms with Crippen LogP contribution in [0.1, 0.15) is 101 Å². The number of H-pyrrole nitrogens is 1. The molecule has 1 aromatic carbocycles. The molecule has 5 aliphatic rings. The molecule has 0 unspecified atom stereocenters. The number of hydrogen-bond donors (Lipinski definition) is 4. The number of fused-ring (bicyclic) bond motifs is 3. The Morgan fingerprint density at radius 2 is 1.89 bits per heavy atom. The number of anilines is 1. The van der Waals surface area contributed by atoms with Crippen molar-refractivity contribution in [3.63, 3.8) is 0 Å². The molecule has 0 radical (unpaired) electrons. The molecule has 4 heterocycles. The van der Waals surface area contributed by atoms with Crippen molar-refractivity contribution >= 4 is 35.7 Å². The van der Waals surface area contributed by atoms with Crippen molar-refractivity contribution in [1.82, 2.24) is 30.6 Å². The highest BCUT2D eigenvalue weighted by atomic mass is 19.1. The quantitative estimate of drug-likeness (QED) is 0.318. The van der Waals surface area contributed by atoms with E-state index in [9.17, 15) is 28.4 Å². The molecule has 15 heteroatoms. The van der Waals surface area contributed by atoms with E-state index >= 15 is 0 Å². The molecule has 53 heavy (non-hydrogen) atoms. The van der Waals surface area contributed by atoms with Crippen molar-refractivity contribution in [1.29, 1.82) is 0 Å². The molecule has 2 saturated carbocycles. The first-order chi connectivity index (χ1) is 25.3. The van der Waals surface area contributed by atoms with Crippen LogP contribution in [0.15, 0.2) is 36.5 Å². The van der Waals surface area contributed by atoms with Crippen LogP contribution in [0.3, 0.4) is 0 Å². The number of nitrogens with one attached hydrogen (secondary N) is 4. The number of amides is 5. The average Bonchev–Trinajstić information content (AvgIpc) is 3.86. The number of allylic oxidation sites excluding steroid dienone is 1. The van der Waals surface area contributed by atoms with Crippen LogP contribution in [-0.2, 0) is 36.9 Å². The Bertz CT molecular complexity index is 1800. The van der Waals surface area contributed by atoms with Gasteiger partial charge in [-0.05, 0) is 76.8 Å². The van der Waals surface area contributed by atoms with Gasteiger partial charge in [0.2, 0.25) is 11.8 Å². The van der Waals surface area contributed by atoms with E-state index in [0.29, 0.717) is 42.1 Å². The minimum atomic E-state index is -1.28. The number of halogens is 1. The number of rotatable bonds is 5. The third kappa shape index (κ3) is 8.03. The number of alkyl carbamates (subject to hydrolysis) is 1. The SMILES string of the molecule is CC(C)(C)OC(=O)N[C@H]1CCCCC/C=C\[C@H]2C[C@@]2(C(=O)Nc2[nH]ncc2C2CC2)NC(=O)[C@@H]2C[C@@H](OC(=O)N3Cc4cccc(F)c4C3)CN2C1=O. The van der Waals surface area contributed by atoms with Crippen molar-refractivity contribution in [3.8, 4) is 0 Å². The fraction of sp³-hybridized carbons (Fsp3) is 0.579. The fourth-order valence-electron chi connectivity index (χ4n) is 7.67. The second kappa shape index (κ2) is 14.5. The maximum Gasteiger partial charge on any atom is 0.410 e. The summed E-state index contributed by atoms with van der Waals surface area (Å²) in [6.45, 7) is 5.25. The van der Waals surface area contributed by atoms with Gasteiger partial charge < -0.3 is 30.3 Å². The normalized spacial score (nSPS) is 28.0. The molecule has 5 amide bonds. The molecule has 3 aliphatic heterocycles. The van der Waals surface area contributed by atoms with Gasteiger partial charge in [-0.15, -0.1) is 0 Å². The molecular formula is C38H48FN7O7. The smallest absolute Gasteiger partial charge is 0.410 e. The monoisotopic (exact) mass is 733 g/mol. The minimum absolute atomic E-state index is 0.0351. The van der Waals surface area contributed by atoms with Gasteiger partial charge in [0.15, 0.2) is 0 Å². The summed E-state index contributed by atoms with van der Waals surface area (Å²) in [6, 6.07) is 2.55. The van der Waals surface area contributed by atoms with Gasteiger partial charge in [-0.1, -0.05) is 37.1 Å². The Morgan fingerprint density at radius 1 is 1.08 bits per heavy atom. The number of nitrogens with zero attached hydrogens (tertiary/aromatic N) is 3. The van der Waals surface area contributed by atoms with E-state index in [4.69, 9.17) is 9.47 Å². The van der Waals surface area contributed by atoms with Crippen molar-refractivity contribution in [2.24, 2.45) is 5.92 Å². The van der Waals surface area contributed by atoms with Crippen LogP contribution in [0.2, 0.25) is 0 Å². The van der Waals surface area contributed by atoms with Crippen LogP contribution in [-0.4, -0.2) is 85.8 Å². The van der Waals surface area contributed by atoms with Gasteiger partial charge in [-0.3, -0.25) is 24.4 Å². The Balaban J connectivity index is 1.13. The highest BCUT2D eigenvalue weighted by Gasteiger charge is 2.61. The molecule has 1 aromatic heterocycles. The maximum atomic E-state index is 14.5.